The molecule has 22 heavy (non-hydrogen) atoms. The average Bonchev–Trinajstić information content (AvgIpc) is 2.50. The molecule has 0 heterocycles. The van der Waals surface area contributed by atoms with E-state index in [0.29, 0.717) is 0 Å². The lowest BCUT2D eigenvalue weighted by molar-refractivity contribution is -0.355. The highest BCUT2D eigenvalue weighted by Crippen LogP contribution is 2.22. The molecule has 0 amide bonds. The summed E-state index contributed by atoms with van der Waals surface area (Å²) < 4.78 is 0.969. The minimum atomic E-state index is 0.732. The Labute approximate surface area is 133 Å². The van der Waals surface area contributed by atoms with Crippen LogP contribution in [0.2, 0.25) is 0 Å². The average molecular weight is 296 g/mol. The van der Waals surface area contributed by atoms with E-state index in [1.807, 2.05) is 44.2 Å². The molecule has 2 aromatic rings. The number of nitrogens with zero attached hydrogens (tertiary/aromatic N) is 2. The van der Waals surface area contributed by atoms with E-state index in [2.05, 4.69) is 30.9 Å². The lowest BCUT2D eigenvalue weighted by Crippen LogP contribution is -2.21. The summed E-state index contributed by atoms with van der Waals surface area (Å²) in [5, 5.41) is 12.4. The molecule has 116 valence electrons. The molecule has 0 aliphatic heterocycles. The second kappa shape index (κ2) is 7.12. The molecule has 0 saturated heterocycles. The van der Waals surface area contributed by atoms with Crippen LogP contribution < -0.4 is 4.90 Å². The summed E-state index contributed by atoms with van der Waals surface area (Å²) in [4.78, 5) is 2.28. The van der Waals surface area contributed by atoms with Crippen molar-refractivity contribution in [2.24, 2.45) is 0 Å². The number of anilines is 1. The van der Waals surface area contributed by atoms with E-state index in [1.54, 1.807) is 6.21 Å². The summed E-state index contributed by atoms with van der Waals surface area (Å²) >= 11 is 0. The Morgan fingerprint density at radius 1 is 0.955 bits per heavy atom. The predicted molar refractivity (Wildman–Crippen MR) is 94.4 cm³/mol. The van der Waals surface area contributed by atoms with Crippen molar-refractivity contribution >= 4 is 17.6 Å². The van der Waals surface area contributed by atoms with Gasteiger partial charge in [-0.15, -0.1) is 0 Å². The normalized spacial score (nSPS) is 11.5. The van der Waals surface area contributed by atoms with Gasteiger partial charge in [0.1, 0.15) is 0 Å². The summed E-state index contributed by atoms with van der Waals surface area (Å²) in [6, 6.07) is 14.0. The van der Waals surface area contributed by atoms with Gasteiger partial charge in [-0.1, -0.05) is 18.2 Å². The van der Waals surface area contributed by atoms with Gasteiger partial charge in [0.15, 0.2) is 6.21 Å². The highest BCUT2D eigenvalue weighted by atomic mass is 16.5. The number of rotatable bonds is 5. The van der Waals surface area contributed by atoms with Gasteiger partial charge in [0.25, 0.3) is 0 Å². The van der Waals surface area contributed by atoms with Gasteiger partial charge in [-0.3, -0.25) is 0 Å². The topological polar surface area (TPSA) is 29.3 Å². The fraction of sp³-hybridized carbons (Fsp3) is 0.316. The Hall–Kier alpha value is -2.29. The number of benzene rings is 2. The molecule has 2 rings (SSSR count). The largest absolute Gasteiger partial charge is 0.618 e. The van der Waals surface area contributed by atoms with Gasteiger partial charge in [0.2, 0.25) is 5.69 Å². The van der Waals surface area contributed by atoms with Gasteiger partial charge >= 0.3 is 0 Å². The zero-order valence-electron chi connectivity index (χ0n) is 13.8. The molecule has 0 N–H and O–H groups in total. The van der Waals surface area contributed by atoms with Crippen molar-refractivity contribution in [3.63, 3.8) is 0 Å². The second-order valence-corrected chi connectivity index (χ2v) is 5.46. The van der Waals surface area contributed by atoms with E-state index >= 15 is 0 Å². The molecule has 0 unspecified atom stereocenters. The molecule has 0 spiro atoms. The first-order valence-electron chi connectivity index (χ1n) is 7.79. The summed E-state index contributed by atoms with van der Waals surface area (Å²) in [7, 11) is 0. The van der Waals surface area contributed by atoms with E-state index < -0.39 is 0 Å². The van der Waals surface area contributed by atoms with Gasteiger partial charge < -0.3 is 10.1 Å². The summed E-state index contributed by atoms with van der Waals surface area (Å²) in [6.45, 7) is 10.2. The van der Waals surface area contributed by atoms with Crippen molar-refractivity contribution in [3.8, 4) is 0 Å². The third-order valence-electron chi connectivity index (χ3n) is 3.95. The first kappa shape index (κ1) is 16.1. The Bertz CT molecular complexity index is 635. The maximum absolute atomic E-state index is 12.4. The van der Waals surface area contributed by atoms with Gasteiger partial charge in [-0.05, 0) is 52.0 Å². The molecule has 0 radical (unpaired) electrons. The Morgan fingerprint density at radius 2 is 1.50 bits per heavy atom. The molecule has 0 saturated carbocycles. The van der Waals surface area contributed by atoms with Gasteiger partial charge in [0.05, 0.1) is 0 Å². The SMILES string of the molecule is CCN(CC)c1ccc(C=[N+]([O-])c2c(C)cccc2C)cc1. The van der Waals surface area contributed by atoms with Crippen molar-refractivity contribution in [2.45, 2.75) is 27.7 Å². The molecule has 0 aliphatic rings. The highest BCUT2D eigenvalue weighted by molar-refractivity contribution is 5.78. The Balaban J connectivity index is 2.29. The van der Waals surface area contributed by atoms with Crippen LogP contribution in [-0.2, 0) is 0 Å². The quantitative estimate of drug-likeness (QED) is 0.354. The number of para-hydroxylation sites is 1. The third-order valence-corrected chi connectivity index (χ3v) is 3.95. The van der Waals surface area contributed by atoms with E-state index in [1.165, 1.54) is 5.69 Å². The molecule has 0 atom stereocenters. The number of hydrogen-bond acceptors (Lipinski definition) is 2. The molecular formula is C19H24N2O. The van der Waals surface area contributed by atoms with Gasteiger partial charge in [0, 0.05) is 35.5 Å². The van der Waals surface area contributed by atoms with Crippen LogP contribution in [0.5, 0.6) is 0 Å². The molecule has 2 aromatic carbocycles. The van der Waals surface area contributed by atoms with Crippen molar-refractivity contribution in [1.29, 1.82) is 0 Å². The predicted octanol–water partition coefficient (Wildman–Crippen LogP) is 4.41. The van der Waals surface area contributed by atoms with Crippen LogP contribution in [0.25, 0.3) is 0 Å². The van der Waals surface area contributed by atoms with Gasteiger partial charge in [-0.25, -0.2) is 0 Å². The minimum absolute atomic E-state index is 0.732. The maximum atomic E-state index is 12.4. The van der Waals surface area contributed by atoms with Crippen molar-refractivity contribution in [1.82, 2.24) is 0 Å². The number of hydrogen-bond donors (Lipinski definition) is 0. The van der Waals surface area contributed by atoms with E-state index in [9.17, 15) is 5.21 Å². The first-order chi connectivity index (χ1) is 10.6. The Morgan fingerprint density at radius 3 is 2.00 bits per heavy atom. The Kier molecular flexibility index (Phi) is 5.21. The molecule has 0 aliphatic carbocycles. The van der Waals surface area contributed by atoms with Crippen LogP contribution in [0.3, 0.4) is 0 Å². The lowest BCUT2D eigenvalue weighted by atomic mass is 10.1. The maximum Gasteiger partial charge on any atom is 0.222 e. The van der Waals surface area contributed by atoms with Crippen LogP contribution >= 0.6 is 0 Å². The molecule has 0 aromatic heterocycles. The summed E-state index contributed by atoms with van der Waals surface area (Å²) in [6.07, 6.45) is 1.64. The van der Waals surface area contributed by atoms with Crippen LogP contribution in [-0.4, -0.2) is 24.0 Å². The van der Waals surface area contributed by atoms with E-state index in [4.69, 9.17) is 0 Å². The van der Waals surface area contributed by atoms with Crippen molar-refractivity contribution < 1.29 is 4.74 Å². The van der Waals surface area contributed by atoms with Crippen molar-refractivity contribution in [3.05, 3.63) is 64.4 Å². The van der Waals surface area contributed by atoms with Crippen molar-refractivity contribution in [2.75, 3.05) is 18.0 Å². The molecule has 0 fully saturated rings. The fourth-order valence-corrected chi connectivity index (χ4v) is 2.71. The lowest BCUT2D eigenvalue weighted by Gasteiger charge is -2.20. The number of aryl methyl sites for hydroxylation is 2. The van der Waals surface area contributed by atoms with Crippen LogP contribution in [0.1, 0.15) is 30.5 Å². The zero-order valence-corrected chi connectivity index (χ0v) is 13.8. The first-order valence-corrected chi connectivity index (χ1v) is 7.79. The van der Waals surface area contributed by atoms with Crippen LogP contribution in [0.15, 0.2) is 42.5 Å². The highest BCUT2D eigenvalue weighted by Gasteiger charge is 2.10. The fourth-order valence-electron chi connectivity index (χ4n) is 2.71. The monoisotopic (exact) mass is 296 g/mol. The molecule has 3 heteroatoms. The van der Waals surface area contributed by atoms with E-state index in [-0.39, 0.29) is 0 Å². The molecule has 0 bridgehead atoms. The summed E-state index contributed by atoms with van der Waals surface area (Å²) in [5.74, 6) is 0. The third kappa shape index (κ3) is 3.48. The molecular weight excluding hydrogens is 272 g/mol. The zero-order chi connectivity index (χ0) is 16.1. The second-order valence-electron chi connectivity index (χ2n) is 5.46. The smallest absolute Gasteiger partial charge is 0.222 e. The molecule has 3 nitrogen and oxygen atoms in total. The van der Waals surface area contributed by atoms with E-state index in [0.717, 1.165) is 40.2 Å². The van der Waals surface area contributed by atoms with Crippen LogP contribution in [0.4, 0.5) is 11.4 Å². The van der Waals surface area contributed by atoms with Gasteiger partial charge in [-0.2, -0.15) is 4.74 Å². The summed E-state index contributed by atoms with van der Waals surface area (Å²) in [5.41, 5.74) is 4.81. The van der Waals surface area contributed by atoms with Crippen LogP contribution in [0, 0.1) is 19.1 Å². The standard InChI is InChI=1S/C19H24N2O/c1-5-20(6-2)18-12-10-17(11-13-18)14-21(22)19-15(3)8-7-9-16(19)4/h7-14H,5-6H2,1-4H3. The minimum Gasteiger partial charge on any atom is -0.618 e.